The molecular weight excluding hydrogens is 342 g/mol. The second-order valence-electron chi connectivity index (χ2n) is 6.01. The van der Waals surface area contributed by atoms with Crippen LogP contribution in [0.2, 0.25) is 0 Å². The quantitative estimate of drug-likeness (QED) is 0.623. The molecule has 1 heterocycles. The van der Waals surface area contributed by atoms with Gasteiger partial charge in [0.15, 0.2) is 0 Å². The first-order chi connectivity index (χ1) is 13.3. The molecule has 0 aliphatic rings. The fourth-order valence-electron chi connectivity index (χ4n) is 2.96. The van der Waals surface area contributed by atoms with Crippen molar-refractivity contribution in [2.75, 3.05) is 33.3 Å². The van der Waals surface area contributed by atoms with Gasteiger partial charge in [0.25, 0.3) is 0 Å². The van der Waals surface area contributed by atoms with Gasteiger partial charge in [-0.2, -0.15) is 0 Å². The molecule has 3 rings (SSSR count). The van der Waals surface area contributed by atoms with Crippen LogP contribution in [0.3, 0.4) is 0 Å². The summed E-state index contributed by atoms with van der Waals surface area (Å²) >= 11 is 0. The third kappa shape index (κ3) is 4.41. The zero-order valence-corrected chi connectivity index (χ0v) is 15.9. The van der Waals surface area contributed by atoms with Crippen LogP contribution in [0, 0.1) is 0 Å². The van der Waals surface area contributed by atoms with Gasteiger partial charge in [0.05, 0.1) is 32.7 Å². The number of hydrogen-bond donors (Lipinski definition) is 1. The van der Waals surface area contributed by atoms with E-state index in [9.17, 15) is 0 Å². The fourth-order valence-corrected chi connectivity index (χ4v) is 2.96. The number of nitrogens with one attached hydrogen (secondary N) is 1. The van der Waals surface area contributed by atoms with Crippen LogP contribution in [0.4, 0.5) is 5.95 Å². The van der Waals surface area contributed by atoms with Crippen molar-refractivity contribution in [3.8, 4) is 22.8 Å². The summed E-state index contributed by atoms with van der Waals surface area (Å²) in [5, 5.41) is 3.42. The van der Waals surface area contributed by atoms with E-state index < -0.39 is 0 Å². The molecule has 0 amide bonds. The highest BCUT2D eigenvalue weighted by molar-refractivity contribution is 5.61. The van der Waals surface area contributed by atoms with Crippen LogP contribution in [0.15, 0.2) is 54.7 Å². The highest BCUT2D eigenvalue weighted by Gasteiger charge is 2.13. The molecule has 0 aliphatic heterocycles. The second-order valence-corrected chi connectivity index (χ2v) is 6.01. The molecule has 6 nitrogen and oxygen atoms in total. The average Bonchev–Trinajstić information content (AvgIpc) is 3.13. The van der Waals surface area contributed by atoms with E-state index in [1.54, 1.807) is 21.3 Å². The Bertz CT molecular complexity index is 862. The Morgan fingerprint density at radius 3 is 2.52 bits per heavy atom. The summed E-state index contributed by atoms with van der Waals surface area (Å²) in [4.78, 5) is 4.58. The lowest BCUT2D eigenvalue weighted by Crippen LogP contribution is -2.12. The summed E-state index contributed by atoms with van der Waals surface area (Å²) < 4.78 is 18.2. The topological polar surface area (TPSA) is 57.5 Å². The zero-order valence-electron chi connectivity index (χ0n) is 15.9. The molecule has 0 aliphatic carbocycles. The first-order valence-corrected chi connectivity index (χ1v) is 8.81. The third-order valence-corrected chi connectivity index (χ3v) is 4.37. The molecular formula is C21H25N3O3. The molecule has 6 heteroatoms. The van der Waals surface area contributed by atoms with Crippen LogP contribution in [0.5, 0.6) is 11.5 Å². The largest absolute Gasteiger partial charge is 0.497 e. The van der Waals surface area contributed by atoms with Gasteiger partial charge < -0.3 is 24.1 Å². The number of rotatable bonds is 9. The van der Waals surface area contributed by atoms with Crippen LogP contribution < -0.4 is 14.8 Å². The van der Waals surface area contributed by atoms with Gasteiger partial charge in [-0.3, -0.25) is 0 Å². The van der Waals surface area contributed by atoms with Crippen molar-refractivity contribution in [2.45, 2.75) is 13.1 Å². The lowest BCUT2D eigenvalue weighted by atomic mass is 10.2. The SMILES string of the molecule is COCCn1c(-c2ccccc2)cnc1NCc1cc(OC)ccc1OC. The predicted octanol–water partition coefficient (Wildman–Crippen LogP) is 3.83. The average molecular weight is 367 g/mol. The number of imidazole rings is 1. The Morgan fingerprint density at radius 2 is 1.81 bits per heavy atom. The van der Waals surface area contributed by atoms with Crippen LogP contribution >= 0.6 is 0 Å². The standard InChI is InChI=1S/C21H25N3O3/c1-25-12-11-24-19(16-7-5-4-6-8-16)15-23-21(24)22-14-17-13-18(26-2)9-10-20(17)27-3/h4-10,13,15H,11-12,14H2,1-3H3,(H,22,23). The van der Waals surface area contributed by atoms with Gasteiger partial charge >= 0.3 is 0 Å². The van der Waals surface area contributed by atoms with Crippen LogP contribution in [0.25, 0.3) is 11.3 Å². The number of hydrogen-bond acceptors (Lipinski definition) is 5. The van der Waals surface area contributed by atoms with Gasteiger partial charge in [-0.05, 0) is 23.8 Å². The number of methoxy groups -OCH3 is 3. The third-order valence-electron chi connectivity index (χ3n) is 4.37. The van der Waals surface area contributed by atoms with E-state index in [1.807, 2.05) is 42.6 Å². The Kier molecular flexibility index (Phi) is 6.33. The molecule has 1 aromatic heterocycles. The normalized spacial score (nSPS) is 10.6. The van der Waals surface area contributed by atoms with E-state index in [0.29, 0.717) is 19.7 Å². The maximum Gasteiger partial charge on any atom is 0.203 e. The summed E-state index contributed by atoms with van der Waals surface area (Å²) in [6.07, 6.45) is 1.89. The summed E-state index contributed by atoms with van der Waals surface area (Å²) in [5.41, 5.74) is 3.17. The maximum atomic E-state index is 5.46. The van der Waals surface area contributed by atoms with Crippen LogP contribution in [-0.4, -0.2) is 37.5 Å². The van der Waals surface area contributed by atoms with E-state index >= 15 is 0 Å². The number of anilines is 1. The minimum atomic E-state index is 0.568. The van der Waals surface area contributed by atoms with Crippen molar-refractivity contribution in [2.24, 2.45) is 0 Å². The number of nitrogens with zero attached hydrogens (tertiary/aromatic N) is 2. The van der Waals surface area contributed by atoms with Gasteiger partial charge in [-0.25, -0.2) is 4.98 Å². The Hall–Kier alpha value is -2.99. The molecule has 0 spiro atoms. The highest BCUT2D eigenvalue weighted by atomic mass is 16.5. The lowest BCUT2D eigenvalue weighted by Gasteiger charge is -2.15. The van der Waals surface area contributed by atoms with Crippen LogP contribution in [0.1, 0.15) is 5.56 Å². The smallest absolute Gasteiger partial charge is 0.203 e. The molecule has 3 aromatic rings. The lowest BCUT2D eigenvalue weighted by molar-refractivity contribution is 0.188. The predicted molar refractivity (Wildman–Crippen MR) is 106 cm³/mol. The Morgan fingerprint density at radius 1 is 1.00 bits per heavy atom. The van der Waals surface area contributed by atoms with E-state index in [-0.39, 0.29) is 0 Å². The number of aromatic nitrogens is 2. The molecule has 142 valence electrons. The minimum Gasteiger partial charge on any atom is -0.497 e. The van der Waals surface area contributed by atoms with Gasteiger partial charge in [-0.1, -0.05) is 30.3 Å². The van der Waals surface area contributed by atoms with Gasteiger partial charge in [0, 0.05) is 25.8 Å². The van der Waals surface area contributed by atoms with E-state index in [0.717, 1.165) is 34.3 Å². The first kappa shape index (κ1) is 18.8. The molecule has 0 unspecified atom stereocenters. The summed E-state index contributed by atoms with van der Waals surface area (Å²) in [6.45, 7) is 1.88. The Balaban J connectivity index is 1.86. The van der Waals surface area contributed by atoms with Gasteiger partial charge in [0.2, 0.25) is 5.95 Å². The van der Waals surface area contributed by atoms with Crippen molar-refractivity contribution in [1.29, 1.82) is 0 Å². The molecule has 27 heavy (non-hydrogen) atoms. The highest BCUT2D eigenvalue weighted by Crippen LogP contribution is 2.26. The number of benzene rings is 2. The van der Waals surface area contributed by atoms with E-state index in [4.69, 9.17) is 14.2 Å². The van der Waals surface area contributed by atoms with Crippen molar-refractivity contribution < 1.29 is 14.2 Å². The molecule has 0 saturated carbocycles. The monoisotopic (exact) mass is 367 g/mol. The van der Waals surface area contributed by atoms with E-state index in [1.165, 1.54) is 0 Å². The van der Waals surface area contributed by atoms with Crippen molar-refractivity contribution in [1.82, 2.24) is 9.55 Å². The van der Waals surface area contributed by atoms with Crippen molar-refractivity contribution in [3.05, 3.63) is 60.3 Å². The Labute approximate surface area is 159 Å². The van der Waals surface area contributed by atoms with Crippen LogP contribution in [-0.2, 0) is 17.8 Å². The maximum absolute atomic E-state index is 5.46. The molecule has 0 bridgehead atoms. The van der Waals surface area contributed by atoms with Gasteiger partial charge in [-0.15, -0.1) is 0 Å². The first-order valence-electron chi connectivity index (χ1n) is 8.81. The molecule has 0 saturated heterocycles. The summed E-state index contributed by atoms with van der Waals surface area (Å²) in [6, 6.07) is 16.0. The summed E-state index contributed by atoms with van der Waals surface area (Å²) in [7, 11) is 5.02. The fraction of sp³-hybridized carbons (Fsp3) is 0.286. The molecule has 0 radical (unpaired) electrons. The van der Waals surface area contributed by atoms with Crippen molar-refractivity contribution >= 4 is 5.95 Å². The summed E-state index contributed by atoms with van der Waals surface area (Å²) in [5.74, 6) is 2.39. The van der Waals surface area contributed by atoms with Gasteiger partial charge in [0.1, 0.15) is 11.5 Å². The molecule has 0 atom stereocenters. The van der Waals surface area contributed by atoms with Crippen molar-refractivity contribution in [3.63, 3.8) is 0 Å². The molecule has 1 N–H and O–H groups in total. The molecule has 0 fully saturated rings. The minimum absolute atomic E-state index is 0.568. The number of ether oxygens (including phenoxy) is 3. The zero-order chi connectivity index (χ0) is 19.1. The second kappa shape index (κ2) is 9.09. The van der Waals surface area contributed by atoms with E-state index in [2.05, 4.69) is 27.0 Å². The molecule has 2 aromatic carbocycles.